The molecule has 2 atom stereocenters. The van der Waals surface area contributed by atoms with Gasteiger partial charge in [-0.2, -0.15) is 0 Å². The molecule has 3 N–H and O–H groups in total. The van der Waals surface area contributed by atoms with Gasteiger partial charge in [0.1, 0.15) is 5.60 Å². The quantitative estimate of drug-likeness (QED) is 0.650. The molecule has 0 aromatic rings. The van der Waals surface area contributed by atoms with Crippen LogP contribution in [0.1, 0.15) is 33.6 Å². The summed E-state index contributed by atoms with van der Waals surface area (Å²) in [4.78, 5) is 11.5. The third-order valence-electron chi connectivity index (χ3n) is 2.48. The SMILES string of the molecule is CC(C)(C)OC(=O)N[C@H]1CCCN[C@H]1CO. The topological polar surface area (TPSA) is 70.6 Å². The molecule has 5 nitrogen and oxygen atoms in total. The lowest BCUT2D eigenvalue weighted by Crippen LogP contribution is -2.55. The number of alkyl carbamates (subject to hydrolysis) is 1. The van der Waals surface area contributed by atoms with Gasteiger partial charge in [0.25, 0.3) is 0 Å². The van der Waals surface area contributed by atoms with Crippen LogP contribution in [0.15, 0.2) is 0 Å². The summed E-state index contributed by atoms with van der Waals surface area (Å²) < 4.78 is 5.17. The minimum Gasteiger partial charge on any atom is -0.444 e. The van der Waals surface area contributed by atoms with E-state index in [1.165, 1.54) is 0 Å². The summed E-state index contributed by atoms with van der Waals surface area (Å²) >= 11 is 0. The fourth-order valence-electron chi connectivity index (χ4n) is 1.78. The number of hydrogen-bond donors (Lipinski definition) is 3. The number of nitrogens with one attached hydrogen (secondary N) is 2. The van der Waals surface area contributed by atoms with Crippen molar-refractivity contribution in [3.05, 3.63) is 0 Å². The molecule has 1 amide bonds. The van der Waals surface area contributed by atoms with E-state index in [9.17, 15) is 4.79 Å². The van der Waals surface area contributed by atoms with Crippen molar-refractivity contribution >= 4 is 6.09 Å². The van der Waals surface area contributed by atoms with Crippen molar-refractivity contribution in [3.8, 4) is 0 Å². The molecule has 0 bridgehead atoms. The fraction of sp³-hybridized carbons (Fsp3) is 0.909. The first-order valence-corrected chi connectivity index (χ1v) is 5.76. The molecule has 1 aliphatic rings. The van der Waals surface area contributed by atoms with Crippen LogP contribution < -0.4 is 10.6 Å². The highest BCUT2D eigenvalue weighted by Crippen LogP contribution is 2.11. The first kappa shape index (κ1) is 13.3. The summed E-state index contributed by atoms with van der Waals surface area (Å²) in [6.07, 6.45) is 1.45. The first-order chi connectivity index (χ1) is 7.42. The average Bonchev–Trinajstić information content (AvgIpc) is 2.15. The van der Waals surface area contributed by atoms with Crippen LogP contribution in [0.2, 0.25) is 0 Å². The molecule has 0 radical (unpaired) electrons. The molecule has 5 heteroatoms. The Morgan fingerprint density at radius 1 is 1.56 bits per heavy atom. The van der Waals surface area contributed by atoms with E-state index in [-0.39, 0.29) is 18.7 Å². The second-order valence-corrected chi connectivity index (χ2v) is 5.14. The lowest BCUT2D eigenvalue weighted by molar-refractivity contribution is 0.0468. The van der Waals surface area contributed by atoms with E-state index < -0.39 is 11.7 Å². The smallest absolute Gasteiger partial charge is 0.407 e. The van der Waals surface area contributed by atoms with Crippen molar-refractivity contribution in [2.24, 2.45) is 0 Å². The summed E-state index contributed by atoms with van der Waals surface area (Å²) in [7, 11) is 0. The van der Waals surface area contributed by atoms with Crippen LogP contribution in [-0.2, 0) is 4.74 Å². The van der Waals surface area contributed by atoms with Gasteiger partial charge in [0.05, 0.1) is 12.6 Å². The Kier molecular flexibility index (Phi) is 4.56. The molecule has 0 saturated carbocycles. The van der Waals surface area contributed by atoms with Crippen molar-refractivity contribution < 1.29 is 14.6 Å². The number of hydrogen-bond acceptors (Lipinski definition) is 4. The maximum Gasteiger partial charge on any atom is 0.407 e. The molecular formula is C11H22N2O3. The Balaban J connectivity index is 2.42. The second-order valence-electron chi connectivity index (χ2n) is 5.14. The summed E-state index contributed by atoms with van der Waals surface area (Å²) in [6, 6.07) is -0.116. The molecule has 94 valence electrons. The number of carbonyl (C=O) groups excluding carboxylic acids is 1. The van der Waals surface area contributed by atoms with E-state index >= 15 is 0 Å². The van der Waals surface area contributed by atoms with Crippen molar-refractivity contribution in [1.29, 1.82) is 0 Å². The van der Waals surface area contributed by atoms with Crippen LogP contribution in [0.5, 0.6) is 0 Å². The zero-order valence-corrected chi connectivity index (χ0v) is 10.2. The van der Waals surface area contributed by atoms with Gasteiger partial charge in [0.2, 0.25) is 0 Å². The fourth-order valence-corrected chi connectivity index (χ4v) is 1.78. The Morgan fingerprint density at radius 3 is 2.81 bits per heavy atom. The molecule has 1 saturated heterocycles. The van der Waals surface area contributed by atoms with Crippen LogP contribution in [0.3, 0.4) is 0 Å². The predicted octanol–water partition coefficient (Wildman–Crippen LogP) is 0.624. The van der Waals surface area contributed by atoms with Crippen molar-refractivity contribution in [3.63, 3.8) is 0 Å². The minimum absolute atomic E-state index is 0.0282. The number of piperidine rings is 1. The van der Waals surface area contributed by atoms with Gasteiger partial charge >= 0.3 is 6.09 Å². The summed E-state index contributed by atoms with van der Waals surface area (Å²) in [5.74, 6) is 0. The maximum atomic E-state index is 11.5. The van der Waals surface area contributed by atoms with E-state index in [0.29, 0.717) is 0 Å². The lowest BCUT2D eigenvalue weighted by atomic mass is 9.99. The molecule has 0 aromatic carbocycles. The Morgan fingerprint density at radius 2 is 2.25 bits per heavy atom. The van der Waals surface area contributed by atoms with Gasteiger partial charge in [-0.1, -0.05) is 0 Å². The molecule has 1 heterocycles. The number of amides is 1. The lowest BCUT2D eigenvalue weighted by Gasteiger charge is -2.32. The van der Waals surface area contributed by atoms with Crippen LogP contribution >= 0.6 is 0 Å². The van der Waals surface area contributed by atoms with Crippen LogP contribution in [0.4, 0.5) is 4.79 Å². The Labute approximate surface area is 96.6 Å². The largest absolute Gasteiger partial charge is 0.444 e. The summed E-state index contributed by atoms with van der Waals surface area (Å²) in [6.45, 7) is 6.40. The Bertz CT molecular complexity index is 238. The number of aliphatic hydroxyl groups excluding tert-OH is 1. The number of carbonyl (C=O) groups is 1. The molecule has 0 aromatic heterocycles. The number of aliphatic hydroxyl groups is 1. The highest BCUT2D eigenvalue weighted by molar-refractivity contribution is 5.68. The van der Waals surface area contributed by atoms with E-state index in [4.69, 9.17) is 9.84 Å². The minimum atomic E-state index is -0.485. The van der Waals surface area contributed by atoms with Gasteiger partial charge < -0.3 is 20.5 Å². The van der Waals surface area contributed by atoms with Crippen LogP contribution in [0.25, 0.3) is 0 Å². The van der Waals surface area contributed by atoms with E-state index in [1.807, 2.05) is 20.8 Å². The third-order valence-corrected chi connectivity index (χ3v) is 2.48. The predicted molar refractivity (Wildman–Crippen MR) is 61.3 cm³/mol. The molecular weight excluding hydrogens is 208 g/mol. The normalized spacial score (nSPS) is 26.2. The van der Waals surface area contributed by atoms with E-state index in [0.717, 1.165) is 19.4 Å². The average molecular weight is 230 g/mol. The number of rotatable bonds is 2. The highest BCUT2D eigenvalue weighted by atomic mass is 16.6. The van der Waals surface area contributed by atoms with E-state index in [2.05, 4.69) is 10.6 Å². The molecule has 16 heavy (non-hydrogen) atoms. The monoisotopic (exact) mass is 230 g/mol. The molecule has 1 aliphatic heterocycles. The molecule has 1 rings (SSSR count). The van der Waals surface area contributed by atoms with Gasteiger partial charge in [-0.3, -0.25) is 0 Å². The second kappa shape index (κ2) is 5.50. The van der Waals surface area contributed by atoms with Gasteiger partial charge in [-0.15, -0.1) is 0 Å². The van der Waals surface area contributed by atoms with Gasteiger partial charge in [-0.05, 0) is 40.2 Å². The van der Waals surface area contributed by atoms with Crippen molar-refractivity contribution in [2.75, 3.05) is 13.2 Å². The zero-order chi connectivity index (χ0) is 12.2. The number of ether oxygens (including phenoxy) is 1. The first-order valence-electron chi connectivity index (χ1n) is 5.76. The molecule has 1 fully saturated rings. The third kappa shape index (κ3) is 4.37. The Hall–Kier alpha value is -0.810. The molecule has 0 unspecified atom stereocenters. The zero-order valence-electron chi connectivity index (χ0n) is 10.2. The summed E-state index contributed by atoms with van der Waals surface area (Å²) in [5.41, 5.74) is -0.485. The van der Waals surface area contributed by atoms with Crippen molar-refractivity contribution in [2.45, 2.75) is 51.3 Å². The highest BCUT2D eigenvalue weighted by Gasteiger charge is 2.27. The van der Waals surface area contributed by atoms with Gasteiger partial charge in [0, 0.05) is 6.04 Å². The van der Waals surface area contributed by atoms with Gasteiger partial charge in [0.15, 0.2) is 0 Å². The molecule has 0 spiro atoms. The van der Waals surface area contributed by atoms with Crippen LogP contribution in [0, 0.1) is 0 Å². The van der Waals surface area contributed by atoms with Gasteiger partial charge in [-0.25, -0.2) is 4.79 Å². The van der Waals surface area contributed by atoms with Crippen LogP contribution in [-0.4, -0.2) is 42.0 Å². The maximum absolute atomic E-state index is 11.5. The molecule has 0 aliphatic carbocycles. The standard InChI is InChI=1S/C11H22N2O3/c1-11(2,3)16-10(15)13-8-5-4-6-12-9(8)7-14/h8-9,12,14H,4-7H2,1-3H3,(H,13,15)/t8-,9-/m0/s1. The van der Waals surface area contributed by atoms with Crippen molar-refractivity contribution in [1.82, 2.24) is 10.6 Å². The van der Waals surface area contributed by atoms with E-state index in [1.54, 1.807) is 0 Å². The summed E-state index contributed by atoms with van der Waals surface area (Å²) in [5, 5.41) is 15.1.